The molecule has 1 N–H and O–H groups in total. The van der Waals surface area contributed by atoms with E-state index in [1.807, 2.05) is 20.0 Å². The van der Waals surface area contributed by atoms with Gasteiger partial charge in [-0.05, 0) is 39.3 Å². The summed E-state index contributed by atoms with van der Waals surface area (Å²) in [5.41, 5.74) is 2.16. The fourth-order valence-corrected chi connectivity index (χ4v) is 3.52. The number of thiazole rings is 1. The van der Waals surface area contributed by atoms with Crippen LogP contribution in [0.2, 0.25) is 0 Å². The fraction of sp³-hybridized carbons (Fsp3) is 0.462. The molecular formula is C13H16N4S. The molecule has 18 heavy (non-hydrogen) atoms. The zero-order chi connectivity index (χ0) is 12.5. The van der Waals surface area contributed by atoms with Crippen LogP contribution in [0.5, 0.6) is 0 Å². The van der Waals surface area contributed by atoms with Gasteiger partial charge in [0.1, 0.15) is 16.5 Å². The lowest BCUT2D eigenvalue weighted by molar-refractivity contribution is 0.490. The summed E-state index contributed by atoms with van der Waals surface area (Å²) < 4.78 is 0. The van der Waals surface area contributed by atoms with Crippen LogP contribution in [-0.4, -0.2) is 22.0 Å². The highest BCUT2D eigenvalue weighted by molar-refractivity contribution is 7.15. The number of fused-ring (bicyclic) bond motifs is 1. The van der Waals surface area contributed by atoms with E-state index in [1.165, 1.54) is 23.4 Å². The van der Waals surface area contributed by atoms with Gasteiger partial charge in [0.2, 0.25) is 0 Å². The van der Waals surface area contributed by atoms with Crippen LogP contribution in [0.3, 0.4) is 0 Å². The minimum absolute atomic E-state index is 0.404. The van der Waals surface area contributed by atoms with E-state index in [9.17, 15) is 0 Å². The molecule has 1 atom stereocenters. The molecule has 94 valence electrons. The molecule has 0 amide bonds. The molecule has 2 heterocycles. The molecule has 0 aromatic carbocycles. The van der Waals surface area contributed by atoms with Gasteiger partial charge in [0.25, 0.3) is 0 Å². The molecule has 3 rings (SSSR count). The maximum Gasteiger partial charge on any atom is 0.142 e. The second-order valence-corrected chi connectivity index (χ2v) is 5.63. The van der Waals surface area contributed by atoms with Gasteiger partial charge in [0.15, 0.2) is 0 Å². The van der Waals surface area contributed by atoms with Crippen LogP contribution in [0.4, 0.5) is 0 Å². The minimum Gasteiger partial charge on any atom is -0.312 e. The Hall–Kier alpha value is -1.33. The third kappa shape index (κ3) is 2.04. The molecule has 0 aliphatic heterocycles. The van der Waals surface area contributed by atoms with E-state index >= 15 is 0 Å². The molecule has 2 aromatic heterocycles. The number of rotatable bonds is 2. The van der Waals surface area contributed by atoms with E-state index in [2.05, 4.69) is 15.3 Å². The molecule has 1 unspecified atom stereocenters. The third-order valence-corrected chi connectivity index (χ3v) is 4.45. The van der Waals surface area contributed by atoms with E-state index in [-0.39, 0.29) is 0 Å². The van der Waals surface area contributed by atoms with Gasteiger partial charge in [-0.15, -0.1) is 11.3 Å². The maximum atomic E-state index is 4.78. The number of nitrogens with zero attached hydrogens (tertiary/aromatic N) is 3. The maximum absolute atomic E-state index is 4.78. The molecule has 0 radical (unpaired) electrons. The van der Waals surface area contributed by atoms with Crippen molar-refractivity contribution in [3.05, 3.63) is 28.7 Å². The molecule has 4 nitrogen and oxygen atoms in total. The SMILES string of the molecule is CNC1CCCc2sc(-c3ccnc(C)n3)nc21. The summed E-state index contributed by atoms with van der Waals surface area (Å²) in [6.45, 7) is 1.91. The van der Waals surface area contributed by atoms with Crippen LogP contribution in [0.1, 0.15) is 35.3 Å². The number of nitrogens with one attached hydrogen (secondary N) is 1. The second-order valence-electron chi connectivity index (χ2n) is 4.55. The Kier molecular flexibility index (Phi) is 3.09. The van der Waals surface area contributed by atoms with Crippen molar-refractivity contribution < 1.29 is 0 Å². The Morgan fingerprint density at radius 3 is 3.06 bits per heavy atom. The molecule has 5 heteroatoms. The molecule has 1 aliphatic carbocycles. The monoisotopic (exact) mass is 260 g/mol. The number of aromatic nitrogens is 3. The van der Waals surface area contributed by atoms with Gasteiger partial charge in [0.05, 0.1) is 11.7 Å². The van der Waals surface area contributed by atoms with Gasteiger partial charge in [-0.1, -0.05) is 0 Å². The first kappa shape index (κ1) is 11.7. The number of hydrogen-bond donors (Lipinski definition) is 1. The molecule has 0 saturated heterocycles. The van der Waals surface area contributed by atoms with Crippen molar-refractivity contribution in [2.45, 2.75) is 32.2 Å². The number of aryl methyl sites for hydroxylation is 2. The summed E-state index contributed by atoms with van der Waals surface area (Å²) in [5.74, 6) is 0.797. The normalized spacial score (nSPS) is 18.7. The largest absolute Gasteiger partial charge is 0.312 e. The summed E-state index contributed by atoms with van der Waals surface area (Å²) in [7, 11) is 2.01. The Morgan fingerprint density at radius 2 is 2.28 bits per heavy atom. The van der Waals surface area contributed by atoms with Gasteiger partial charge in [-0.2, -0.15) is 0 Å². The lowest BCUT2D eigenvalue weighted by Crippen LogP contribution is -2.21. The summed E-state index contributed by atoms with van der Waals surface area (Å²) in [6.07, 6.45) is 5.36. The Balaban J connectivity index is 2.02. The lowest BCUT2D eigenvalue weighted by Gasteiger charge is -2.19. The molecule has 0 fully saturated rings. The van der Waals surface area contributed by atoms with Gasteiger partial charge in [0, 0.05) is 11.1 Å². The smallest absolute Gasteiger partial charge is 0.142 e. The summed E-state index contributed by atoms with van der Waals surface area (Å²) in [6, 6.07) is 2.34. The molecule has 2 aromatic rings. The van der Waals surface area contributed by atoms with E-state index in [0.717, 1.165) is 22.9 Å². The fourth-order valence-electron chi connectivity index (χ4n) is 2.38. The van der Waals surface area contributed by atoms with Crippen molar-refractivity contribution in [1.29, 1.82) is 0 Å². The third-order valence-electron chi connectivity index (χ3n) is 3.30. The molecule has 0 spiro atoms. The van der Waals surface area contributed by atoms with Crippen LogP contribution in [0, 0.1) is 6.92 Å². The molecule has 0 saturated carbocycles. The Labute approximate surface area is 111 Å². The Bertz CT molecular complexity index is 564. The molecule has 0 bridgehead atoms. The highest BCUT2D eigenvalue weighted by Gasteiger charge is 2.24. The van der Waals surface area contributed by atoms with Crippen molar-refractivity contribution in [2.75, 3.05) is 7.05 Å². The molecule has 1 aliphatic rings. The van der Waals surface area contributed by atoms with E-state index < -0.39 is 0 Å². The van der Waals surface area contributed by atoms with Crippen molar-refractivity contribution in [3.8, 4) is 10.7 Å². The topological polar surface area (TPSA) is 50.7 Å². The van der Waals surface area contributed by atoms with Gasteiger partial charge in [-0.25, -0.2) is 15.0 Å². The zero-order valence-corrected chi connectivity index (χ0v) is 11.4. The summed E-state index contributed by atoms with van der Waals surface area (Å²) in [4.78, 5) is 14.8. The summed E-state index contributed by atoms with van der Waals surface area (Å²) >= 11 is 1.77. The van der Waals surface area contributed by atoms with Crippen LogP contribution in [0.15, 0.2) is 12.3 Å². The van der Waals surface area contributed by atoms with Gasteiger partial charge < -0.3 is 5.32 Å². The predicted molar refractivity (Wildman–Crippen MR) is 72.6 cm³/mol. The van der Waals surface area contributed by atoms with Crippen molar-refractivity contribution >= 4 is 11.3 Å². The highest BCUT2D eigenvalue weighted by Crippen LogP contribution is 2.36. The second kappa shape index (κ2) is 4.74. The van der Waals surface area contributed by atoms with Gasteiger partial charge in [-0.3, -0.25) is 0 Å². The Morgan fingerprint density at radius 1 is 1.39 bits per heavy atom. The van der Waals surface area contributed by atoms with Crippen LogP contribution < -0.4 is 5.32 Å². The zero-order valence-electron chi connectivity index (χ0n) is 10.6. The van der Waals surface area contributed by atoms with E-state index in [1.54, 1.807) is 17.5 Å². The quantitative estimate of drug-likeness (QED) is 0.901. The van der Waals surface area contributed by atoms with E-state index in [4.69, 9.17) is 4.98 Å². The van der Waals surface area contributed by atoms with Crippen LogP contribution in [-0.2, 0) is 6.42 Å². The predicted octanol–water partition coefficient (Wildman–Crippen LogP) is 2.51. The van der Waals surface area contributed by atoms with Crippen molar-refractivity contribution in [2.24, 2.45) is 0 Å². The first-order valence-corrected chi connectivity index (χ1v) is 7.06. The van der Waals surface area contributed by atoms with Crippen LogP contribution in [0.25, 0.3) is 10.7 Å². The van der Waals surface area contributed by atoms with Crippen LogP contribution >= 0.6 is 11.3 Å². The molecular weight excluding hydrogens is 244 g/mol. The highest BCUT2D eigenvalue weighted by atomic mass is 32.1. The average Bonchev–Trinajstić information content (AvgIpc) is 2.82. The van der Waals surface area contributed by atoms with Gasteiger partial charge >= 0.3 is 0 Å². The first-order valence-electron chi connectivity index (χ1n) is 6.25. The van der Waals surface area contributed by atoms with Crippen molar-refractivity contribution in [3.63, 3.8) is 0 Å². The standard InChI is InChI=1S/C13H16N4S/c1-8-15-7-6-10(16-8)13-17-12-9(14-2)4-3-5-11(12)18-13/h6-7,9,14H,3-5H2,1-2H3. The summed E-state index contributed by atoms with van der Waals surface area (Å²) in [5, 5.41) is 4.37. The number of hydrogen-bond acceptors (Lipinski definition) is 5. The minimum atomic E-state index is 0.404. The van der Waals surface area contributed by atoms with Crippen molar-refractivity contribution in [1.82, 2.24) is 20.3 Å². The van der Waals surface area contributed by atoms with E-state index in [0.29, 0.717) is 6.04 Å². The average molecular weight is 260 g/mol. The lowest BCUT2D eigenvalue weighted by atomic mass is 9.98. The first-order chi connectivity index (χ1) is 8.78.